The molecule has 3 aromatic rings. The quantitative estimate of drug-likeness (QED) is 0.764. The Morgan fingerprint density at radius 2 is 1.89 bits per heavy atom. The Balaban J connectivity index is 1.58. The summed E-state index contributed by atoms with van der Waals surface area (Å²) in [4.78, 5) is 18.0. The number of aromatic nitrogens is 3. The maximum Gasteiger partial charge on any atom is 0.252 e. The molecule has 1 aromatic carbocycles. The van der Waals surface area contributed by atoms with Gasteiger partial charge in [0.15, 0.2) is 5.65 Å². The summed E-state index contributed by atoms with van der Waals surface area (Å²) in [6.07, 6.45) is 3.07. The van der Waals surface area contributed by atoms with Crippen molar-refractivity contribution < 1.29 is 9.53 Å². The molecule has 27 heavy (non-hydrogen) atoms. The standard InChI is InChI=1S/C20H22N5O2/c1-13-9-24(10-14(2)27-13)11-15-3-5-16(6-4-15)18-8-7-17(19(21)26)20-22-12-23-25(18)20/h3-8,13-14H,9-11H2,1-2H3,(H2,21,26)/t13-,14+. The van der Waals surface area contributed by atoms with Crippen LogP contribution in [0.1, 0.15) is 29.8 Å². The maximum absolute atomic E-state index is 11.6. The second kappa shape index (κ2) is 7.09. The first-order valence-electron chi connectivity index (χ1n) is 9.04. The van der Waals surface area contributed by atoms with Gasteiger partial charge in [-0.3, -0.25) is 9.69 Å². The minimum absolute atomic E-state index is 0.258. The van der Waals surface area contributed by atoms with Gasteiger partial charge in [-0.15, -0.1) is 5.10 Å². The topological polar surface area (TPSA) is 85.8 Å². The molecule has 1 fully saturated rings. The lowest BCUT2D eigenvalue weighted by Crippen LogP contribution is -2.44. The molecule has 2 aromatic heterocycles. The van der Waals surface area contributed by atoms with E-state index in [-0.39, 0.29) is 12.2 Å². The molecule has 1 aliphatic heterocycles. The van der Waals surface area contributed by atoms with Crippen LogP contribution in [0.15, 0.2) is 36.4 Å². The summed E-state index contributed by atoms with van der Waals surface area (Å²) in [5, 5.41) is 4.12. The fourth-order valence-electron chi connectivity index (χ4n) is 3.72. The highest BCUT2D eigenvalue weighted by Crippen LogP contribution is 2.23. The zero-order chi connectivity index (χ0) is 19.0. The molecule has 0 spiro atoms. The smallest absolute Gasteiger partial charge is 0.252 e. The zero-order valence-corrected chi connectivity index (χ0v) is 15.4. The van der Waals surface area contributed by atoms with Crippen LogP contribution in [0.5, 0.6) is 0 Å². The monoisotopic (exact) mass is 364 g/mol. The van der Waals surface area contributed by atoms with Crippen LogP contribution in [0.4, 0.5) is 0 Å². The van der Waals surface area contributed by atoms with E-state index in [0.29, 0.717) is 11.2 Å². The number of fused-ring (bicyclic) bond motifs is 1. The third-order valence-electron chi connectivity index (χ3n) is 4.79. The predicted molar refractivity (Wildman–Crippen MR) is 101 cm³/mol. The van der Waals surface area contributed by atoms with Gasteiger partial charge in [0.1, 0.15) is 0 Å². The number of amides is 1. The van der Waals surface area contributed by atoms with Crippen LogP contribution in [0, 0.1) is 6.33 Å². The Bertz CT molecular complexity index is 956. The summed E-state index contributed by atoms with van der Waals surface area (Å²) in [5.74, 6) is -0.530. The van der Waals surface area contributed by atoms with E-state index in [4.69, 9.17) is 10.5 Å². The molecule has 3 heterocycles. The number of carbonyl (C=O) groups excluding carboxylic acids is 1. The molecule has 7 heteroatoms. The molecule has 7 nitrogen and oxygen atoms in total. The molecule has 1 amide bonds. The van der Waals surface area contributed by atoms with E-state index in [1.54, 1.807) is 10.6 Å². The Labute approximate surface area is 157 Å². The molecule has 0 bridgehead atoms. The van der Waals surface area contributed by atoms with E-state index in [0.717, 1.165) is 30.9 Å². The average molecular weight is 364 g/mol. The van der Waals surface area contributed by atoms with E-state index in [9.17, 15) is 4.79 Å². The zero-order valence-electron chi connectivity index (χ0n) is 15.4. The molecule has 0 saturated carbocycles. The number of morpholine rings is 1. The second-order valence-corrected chi connectivity index (χ2v) is 7.09. The van der Waals surface area contributed by atoms with Crippen molar-refractivity contribution in [2.75, 3.05) is 13.1 Å². The van der Waals surface area contributed by atoms with Crippen molar-refractivity contribution in [2.24, 2.45) is 5.73 Å². The lowest BCUT2D eigenvalue weighted by molar-refractivity contribution is -0.0704. The van der Waals surface area contributed by atoms with Crippen LogP contribution in [0.3, 0.4) is 0 Å². The van der Waals surface area contributed by atoms with Gasteiger partial charge in [-0.2, -0.15) is 0 Å². The second-order valence-electron chi connectivity index (χ2n) is 7.09. The summed E-state index contributed by atoms with van der Waals surface area (Å²) >= 11 is 0. The van der Waals surface area contributed by atoms with Gasteiger partial charge in [0.05, 0.1) is 23.5 Å². The van der Waals surface area contributed by atoms with Crippen molar-refractivity contribution in [3.05, 3.63) is 53.9 Å². The van der Waals surface area contributed by atoms with Gasteiger partial charge in [0.2, 0.25) is 6.33 Å². The molecule has 0 unspecified atom stereocenters. The Hall–Kier alpha value is -2.77. The highest BCUT2D eigenvalue weighted by molar-refractivity contribution is 5.99. The van der Waals surface area contributed by atoms with E-state index in [1.165, 1.54) is 5.56 Å². The summed E-state index contributed by atoms with van der Waals surface area (Å²) in [6.45, 7) is 7.00. The lowest BCUT2D eigenvalue weighted by Gasteiger charge is -2.35. The molecule has 2 atom stereocenters. The van der Waals surface area contributed by atoms with E-state index >= 15 is 0 Å². The molecular formula is C20H22N5O2. The first kappa shape index (κ1) is 17.6. The lowest BCUT2D eigenvalue weighted by atomic mass is 10.1. The Morgan fingerprint density at radius 3 is 2.56 bits per heavy atom. The molecular weight excluding hydrogens is 342 g/mol. The summed E-state index contributed by atoms with van der Waals surface area (Å²) in [7, 11) is 0. The minimum Gasteiger partial charge on any atom is -0.373 e. The van der Waals surface area contributed by atoms with Crippen molar-refractivity contribution >= 4 is 11.6 Å². The van der Waals surface area contributed by atoms with Gasteiger partial charge >= 0.3 is 0 Å². The average Bonchev–Trinajstić information content (AvgIpc) is 3.10. The number of benzene rings is 1. The maximum atomic E-state index is 11.6. The number of rotatable bonds is 4. The molecule has 0 aliphatic carbocycles. The first-order chi connectivity index (χ1) is 13.0. The van der Waals surface area contributed by atoms with Gasteiger partial charge < -0.3 is 10.5 Å². The van der Waals surface area contributed by atoms with Crippen molar-refractivity contribution in [3.8, 4) is 11.3 Å². The van der Waals surface area contributed by atoms with E-state index in [2.05, 4.69) is 59.4 Å². The number of nitrogens with zero attached hydrogens (tertiary/aromatic N) is 4. The fourth-order valence-corrected chi connectivity index (χ4v) is 3.72. The van der Waals surface area contributed by atoms with E-state index < -0.39 is 5.91 Å². The summed E-state index contributed by atoms with van der Waals surface area (Å²) in [6, 6.07) is 11.9. The molecule has 1 saturated heterocycles. The van der Waals surface area contributed by atoms with Gasteiger partial charge in [-0.1, -0.05) is 24.3 Å². The van der Waals surface area contributed by atoms with Crippen LogP contribution in [0.25, 0.3) is 16.9 Å². The molecule has 139 valence electrons. The van der Waals surface area contributed by atoms with Crippen molar-refractivity contribution in [1.29, 1.82) is 0 Å². The van der Waals surface area contributed by atoms with Crippen molar-refractivity contribution in [3.63, 3.8) is 0 Å². The number of pyridine rings is 1. The highest BCUT2D eigenvalue weighted by Gasteiger charge is 2.22. The molecule has 2 N–H and O–H groups in total. The SMILES string of the molecule is C[C@@H]1CN(Cc2ccc(-c3ccc(C(N)=O)c4n[c]nn34)cc2)C[C@H](C)O1. The summed E-state index contributed by atoms with van der Waals surface area (Å²) < 4.78 is 7.40. The van der Waals surface area contributed by atoms with Crippen molar-refractivity contribution in [1.82, 2.24) is 19.5 Å². The van der Waals surface area contributed by atoms with Crippen LogP contribution >= 0.6 is 0 Å². The fraction of sp³-hybridized carbons (Fsp3) is 0.350. The van der Waals surface area contributed by atoms with Gasteiger partial charge in [0.25, 0.3) is 5.91 Å². The third kappa shape index (κ3) is 3.56. The number of carbonyl (C=O) groups is 1. The number of hydrogen-bond donors (Lipinski definition) is 1. The first-order valence-corrected chi connectivity index (χ1v) is 9.04. The molecule has 1 radical (unpaired) electrons. The number of hydrogen-bond acceptors (Lipinski definition) is 5. The van der Waals surface area contributed by atoms with Crippen molar-refractivity contribution in [2.45, 2.75) is 32.6 Å². The van der Waals surface area contributed by atoms with Crippen LogP contribution < -0.4 is 5.73 Å². The minimum atomic E-state index is -0.530. The number of primary amides is 1. The van der Waals surface area contributed by atoms with Gasteiger partial charge in [-0.25, -0.2) is 9.50 Å². The Kier molecular flexibility index (Phi) is 4.63. The van der Waals surface area contributed by atoms with Crippen LogP contribution in [-0.2, 0) is 11.3 Å². The largest absolute Gasteiger partial charge is 0.373 e. The van der Waals surface area contributed by atoms with Crippen LogP contribution in [0.2, 0.25) is 0 Å². The highest BCUT2D eigenvalue weighted by atomic mass is 16.5. The third-order valence-corrected chi connectivity index (χ3v) is 4.79. The summed E-state index contributed by atoms with van der Waals surface area (Å²) in [5.41, 5.74) is 9.23. The Morgan fingerprint density at radius 1 is 1.19 bits per heavy atom. The normalized spacial score (nSPS) is 20.8. The predicted octanol–water partition coefficient (Wildman–Crippen LogP) is 1.90. The van der Waals surface area contributed by atoms with Gasteiger partial charge in [-0.05, 0) is 31.5 Å². The van der Waals surface area contributed by atoms with E-state index in [1.807, 2.05) is 6.07 Å². The van der Waals surface area contributed by atoms with Crippen LogP contribution in [-0.4, -0.2) is 50.7 Å². The molecule has 4 rings (SSSR count). The molecule has 1 aliphatic rings. The number of ether oxygens (including phenoxy) is 1. The number of nitrogens with two attached hydrogens (primary N) is 1. The van der Waals surface area contributed by atoms with Gasteiger partial charge in [0, 0.05) is 25.2 Å².